The van der Waals surface area contributed by atoms with E-state index in [-0.39, 0.29) is 36.7 Å². The van der Waals surface area contributed by atoms with Crippen LogP contribution in [-0.4, -0.2) is 51.0 Å². The van der Waals surface area contributed by atoms with Crippen LogP contribution in [0.1, 0.15) is 73.1 Å². The van der Waals surface area contributed by atoms with Crippen LogP contribution in [0.25, 0.3) is 0 Å². The summed E-state index contributed by atoms with van der Waals surface area (Å²) in [6.07, 6.45) is 10.3. The van der Waals surface area contributed by atoms with Crippen LogP contribution >= 0.6 is 0 Å². The minimum atomic E-state index is -1.07. The Morgan fingerprint density at radius 2 is 1.97 bits per heavy atom. The van der Waals surface area contributed by atoms with Crippen molar-refractivity contribution in [2.24, 2.45) is 29.1 Å². The van der Waals surface area contributed by atoms with Gasteiger partial charge in [0.15, 0.2) is 6.29 Å². The fourth-order valence-corrected chi connectivity index (χ4v) is 5.42. The molecule has 2 rings (SSSR count). The third kappa shape index (κ3) is 7.51. The number of hydrogen-bond donors (Lipinski definition) is 4. The van der Waals surface area contributed by atoms with Gasteiger partial charge in [-0.3, -0.25) is 4.79 Å². The molecule has 0 aliphatic heterocycles. The first kappa shape index (κ1) is 27.8. The Balaban J connectivity index is 2.16. The van der Waals surface area contributed by atoms with E-state index in [4.69, 9.17) is 9.84 Å². The van der Waals surface area contributed by atoms with Crippen molar-refractivity contribution in [3.63, 3.8) is 0 Å². The van der Waals surface area contributed by atoms with Gasteiger partial charge < -0.3 is 25.2 Å². The van der Waals surface area contributed by atoms with Crippen molar-refractivity contribution in [1.29, 1.82) is 0 Å². The van der Waals surface area contributed by atoms with E-state index in [1.165, 1.54) is 5.57 Å². The number of carbonyl (C=O) groups is 1. The number of ether oxygens (including phenoxy) is 1. The number of carboxylic acids is 1. The zero-order valence-corrected chi connectivity index (χ0v) is 20.9. The highest BCUT2D eigenvalue weighted by Crippen LogP contribution is 2.46. The number of rotatable bonds is 12. The summed E-state index contributed by atoms with van der Waals surface area (Å²) < 4.78 is 6.40. The van der Waals surface area contributed by atoms with E-state index in [2.05, 4.69) is 39.0 Å². The van der Waals surface area contributed by atoms with Crippen molar-refractivity contribution in [2.45, 2.75) is 97.7 Å². The minimum absolute atomic E-state index is 0.0600. The number of aliphatic hydroxyl groups excluding tert-OH is 3. The van der Waals surface area contributed by atoms with Gasteiger partial charge in [0.2, 0.25) is 0 Å². The topological polar surface area (TPSA) is 107 Å². The Morgan fingerprint density at radius 1 is 1.27 bits per heavy atom. The average molecular weight is 465 g/mol. The fraction of sp³-hybridized carbons (Fsp3) is 0.741. The second-order valence-electron chi connectivity index (χ2n) is 10.4. The van der Waals surface area contributed by atoms with Gasteiger partial charge in [0.1, 0.15) is 0 Å². The zero-order valence-electron chi connectivity index (χ0n) is 20.9. The predicted octanol–water partition coefficient (Wildman–Crippen LogP) is 4.45. The number of fused-ring (bicyclic) bond motifs is 1. The minimum Gasteiger partial charge on any atom is -0.481 e. The maximum absolute atomic E-state index is 11.0. The largest absolute Gasteiger partial charge is 0.481 e. The normalized spacial score (nSPS) is 32.0. The van der Waals surface area contributed by atoms with Gasteiger partial charge in [-0.15, -0.1) is 0 Å². The molecule has 0 saturated carbocycles. The number of hydrogen-bond acceptors (Lipinski definition) is 5. The summed E-state index contributed by atoms with van der Waals surface area (Å²) >= 11 is 0. The Kier molecular flexibility index (Phi) is 10.3. The van der Waals surface area contributed by atoms with Gasteiger partial charge in [-0.1, -0.05) is 58.1 Å². The molecule has 2 aliphatic rings. The van der Waals surface area contributed by atoms with Crippen molar-refractivity contribution in [3.8, 4) is 0 Å². The predicted molar refractivity (Wildman–Crippen MR) is 129 cm³/mol. The van der Waals surface area contributed by atoms with E-state index in [0.717, 1.165) is 19.3 Å². The third-order valence-electron chi connectivity index (χ3n) is 7.56. The maximum atomic E-state index is 11.0. The SMILES string of the molecule is C/C=C/[C@@](C)(CC)C(O)O[C@H]1C[C@@H](C)C=C2C=C[C@H](C)[C@H](CCC(O)C[C@H](O)CC(=O)O)[C@H]21. The standard InChI is InChI=1S/C27H44O6/c1-6-12-27(5,7-2)26(32)33-23-14-17(3)13-19-9-8-18(4)22(25(19)23)11-10-20(28)15-21(29)16-24(30)31/h6,8-9,12-13,17-18,20-23,25-26,28-29,32H,7,10-11,14-16H2,1-5H3,(H,30,31)/b12-6+/t17-,18-,20?,21-,22-,23-,25-,26?,27+/m0/s1. The zero-order chi connectivity index (χ0) is 24.8. The van der Waals surface area contributed by atoms with E-state index in [1.54, 1.807) is 0 Å². The van der Waals surface area contributed by atoms with Crippen molar-refractivity contribution in [1.82, 2.24) is 0 Å². The summed E-state index contributed by atoms with van der Waals surface area (Å²) in [5.74, 6) is -0.0838. The molecule has 0 heterocycles. The molecule has 33 heavy (non-hydrogen) atoms. The summed E-state index contributed by atoms with van der Waals surface area (Å²) in [5, 5.41) is 40.2. The molecule has 2 unspecified atom stereocenters. The van der Waals surface area contributed by atoms with Crippen LogP contribution in [0.15, 0.2) is 36.0 Å². The summed E-state index contributed by atoms with van der Waals surface area (Å²) in [6, 6.07) is 0. The van der Waals surface area contributed by atoms with Gasteiger partial charge >= 0.3 is 5.97 Å². The van der Waals surface area contributed by atoms with Crippen LogP contribution < -0.4 is 0 Å². The van der Waals surface area contributed by atoms with Crippen LogP contribution in [0.2, 0.25) is 0 Å². The van der Waals surface area contributed by atoms with Crippen molar-refractivity contribution in [3.05, 3.63) is 36.0 Å². The smallest absolute Gasteiger partial charge is 0.305 e. The summed E-state index contributed by atoms with van der Waals surface area (Å²) in [7, 11) is 0. The highest BCUT2D eigenvalue weighted by atomic mass is 16.6. The number of allylic oxidation sites excluding steroid dienone is 4. The molecule has 0 fully saturated rings. The number of carboxylic acid groups (broad SMARTS) is 1. The number of aliphatic carboxylic acids is 1. The van der Waals surface area contributed by atoms with Gasteiger partial charge in [0.25, 0.3) is 0 Å². The molecule has 6 heteroatoms. The van der Waals surface area contributed by atoms with Gasteiger partial charge in [-0.05, 0) is 62.4 Å². The van der Waals surface area contributed by atoms with Gasteiger partial charge in [-0.25, -0.2) is 0 Å². The van der Waals surface area contributed by atoms with Crippen molar-refractivity contribution < 1.29 is 30.0 Å². The molecular formula is C27H44O6. The molecule has 0 radical (unpaired) electrons. The first-order chi connectivity index (χ1) is 15.5. The molecule has 0 amide bonds. The first-order valence-corrected chi connectivity index (χ1v) is 12.5. The lowest BCUT2D eigenvalue weighted by molar-refractivity contribution is -0.202. The van der Waals surface area contributed by atoms with Crippen molar-refractivity contribution in [2.75, 3.05) is 0 Å². The van der Waals surface area contributed by atoms with Crippen LogP contribution in [0.5, 0.6) is 0 Å². The van der Waals surface area contributed by atoms with Crippen LogP contribution in [0.3, 0.4) is 0 Å². The molecule has 2 aliphatic carbocycles. The Hall–Kier alpha value is -1.47. The van der Waals surface area contributed by atoms with Crippen LogP contribution in [0.4, 0.5) is 0 Å². The molecule has 188 valence electrons. The number of aliphatic hydroxyl groups is 3. The molecule has 6 nitrogen and oxygen atoms in total. The van der Waals surface area contributed by atoms with E-state index in [1.807, 2.05) is 26.0 Å². The molecule has 4 N–H and O–H groups in total. The van der Waals surface area contributed by atoms with E-state index >= 15 is 0 Å². The summed E-state index contributed by atoms with van der Waals surface area (Å²) in [5.41, 5.74) is 0.778. The monoisotopic (exact) mass is 464 g/mol. The molecule has 0 bridgehead atoms. The first-order valence-electron chi connectivity index (χ1n) is 12.5. The lowest BCUT2D eigenvalue weighted by Gasteiger charge is -2.45. The van der Waals surface area contributed by atoms with Gasteiger partial charge in [0, 0.05) is 11.3 Å². The molecule has 9 atom stereocenters. The fourth-order valence-electron chi connectivity index (χ4n) is 5.42. The molecule has 0 saturated heterocycles. The molecule has 0 aromatic rings. The summed E-state index contributed by atoms with van der Waals surface area (Å²) in [4.78, 5) is 10.8. The third-order valence-corrected chi connectivity index (χ3v) is 7.56. The maximum Gasteiger partial charge on any atom is 0.305 e. The average Bonchev–Trinajstić information content (AvgIpc) is 2.72. The lowest BCUT2D eigenvalue weighted by atomic mass is 9.65. The van der Waals surface area contributed by atoms with E-state index in [9.17, 15) is 20.1 Å². The van der Waals surface area contributed by atoms with Gasteiger partial charge in [0.05, 0.1) is 24.7 Å². The van der Waals surface area contributed by atoms with E-state index in [0.29, 0.717) is 12.3 Å². The quantitative estimate of drug-likeness (QED) is 0.251. The highest BCUT2D eigenvalue weighted by Gasteiger charge is 2.42. The second-order valence-corrected chi connectivity index (χ2v) is 10.4. The van der Waals surface area contributed by atoms with E-state index < -0.39 is 29.9 Å². The van der Waals surface area contributed by atoms with Crippen molar-refractivity contribution >= 4 is 5.97 Å². The summed E-state index contributed by atoms with van der Waals surface area (Å²) in [6.45, 7) is 10.4. The van der Waals surface area contributed by atoms with Crippen LogP contribution in [0, 0.1) is 29.1 Å². The Bertz CT molecular complexity index is 728. The molecule has 0 aromatic carbocycles. The highest BCUT2D eigenvalue weighted by molar-refractivity contribution is 5.67. The molecule has 0 aromatic heterocycles. The van der Waals surface area contributed by atoms with Gasteiger partial charge in [-0.2, -0.15) is 0 Å². The molecular weight excluding hydrogens is 420 g/mol. The Morgan fingerprint density at radius 3 is 2.58 bits per heavy atom. The Labute approximate surface area is 199 Å². The second kappa shape index (κ2) is 12.3. The van der Waals surface area contributed by atoms with Crippen LogP contribution in [-0.2, 0) is 9.53 Å². The lowest BCUT2D eigenvalue weighted by Crippen LogP contribution is -2.44. The molecule has 0 spiro atoms.